The minimum absolute atomic E-state index is 0.101. The number of nitrogens with one attached hydrogen (secondary N) is 3. The fourth-order valence-corrected chi connectivity index (χ4v) is 3.22. The molecule has 1 aromatic heterocycles. The standard InChI is InChI=1S/C21H19N3O5/c1-28-14-6-7-15-13(10-14)9-12(21(27)24-15)5-8-18(25)22-16-3-2-4-17-20(16)29-11-19(26)23-17/h2-4,6-7,9-10H,5,8,11H2,1H3,(H,22,25)(H,23,26)(H,24,27). The minimum Gasteiger partial charge on any atom is -0.497 e. The van der Waals surface area contributed by atoms with E-state index in [9.17, 15) is 14.4 Å². The summed E-state index contributed by atoms with van der Waals surface area (Å²) in [5.41, 5.74) is 1.99. The van der Waals surface area contributed by atoms with E-state index in [2.05, 4.69) is 15.6 Å². The summed E-state index contributed by atoms with van der Waals surface area (Å²) in [5.74, 6) is 0.613. The van der Waals surface area contributed by atoms with Crippen molar-refractivity contribution in [2.75, 3.05) is 24.4 Å². The Balaban J connectivity index is 1.48. The molecule has 0 spiro atoms. The summed E-state index contributed by atoms with van der Waals surface area (Å²) in [4.78, 5) is 39.0. The average molecular weight is 393 g/mol. The third-order valence-corrected chi connectivity index (χ3v) is 4.66. The van der Waals surface area contributed by atoms with Gasteiger partial charge < -0.3 is 25.1 Å². The second-order valence-corrected chi connectivity index (χ2v) is 6.64. The van der Waals surface area contributed by atoms with Gasteiger partial charge in [0.1, 0.15) is 5.75 Å². The number of methoxy groups -OCH3 is 1. The minimum atomic E-state index is -0.260. The second-order valence-electron chi connectivity index (χ2n) is 6.64. The van der Waals surface area contributed by atoms with E-state index < -0.39 is 0 Å². The number of aromatic amines is 1. The lowest BCUT2D eigenvalue weighted by atomic mass is 10.1. The van der Waals surface area contributed by atoms with Crippen molar-refractivity contribution in [1.29, 1.82) is 0 Å². The van der Waals surface area contributed by atoms with E-state index in [1.165, 1.54) is 0 Å². The van der Waals surface area contributed by atoms with Crippen LogP contribution < -0.4 is 25.7 Å². The molecular weight excluding hydrogens is 374 g/mol. The molecule has 0 aliphatic carbocycles. The van der Waals surface area contributed by atoms with E-state index in [0.717, 1.165) is 5.39 Å². The van der Waals surface area contributed by atoms with Gasteiger partial charge in [-0.05, 0) is 42.8 Å². The van der Waals surface area contributed by atoms with Crippen LogP contribution in [0.2, 0.25) is 0 Å². The number of ether oxygens (including phenoxy) is 2. The van der Waals surface area contributed by atoms with Crippen molar-refractivity contribution >= 4 is 34.1 Å². The van der Waals surface area contributed by atoms with E-state index in [1.54, 1.807) is 43.5 Å². The highest BCUT2D eigenvalue weighted by molar-refractivity contribution is 6.00. The lowest BCUT2D eigenvalue weighted by Crippen LogP contribution is -2.26. The van der Waals surface area contributed by atoms with Crippen molar-refractivity contribution in [2.24, 2.45) is 0 Å². The first-order valence-corrected chi connectivity index (χ1v) is 9.09. The fourth-order valence-electron chi connectivity index (χ4n) is 3.22. The summed E-state index contributed by atoms with van der Waals surface area (Å²) in [5, 5.41) is 6.31. The molecule has 0 saturated carbocycles. The summed E-state index contributed by atoms with van der Waals surface area (Å²) >= 11 is 0. The van der Waals surface area contributed by atoms with Gasteiger partial charge in [0.15, 0.2) is 12.4 Å². The maximum absolute atomic E-state index is 12.4. The number of H-pyrrole nitrogens is 1. The van der Waals surface area contributed by atoms with Crippen molar-refractivity contribution in [3.8, 4) is 11.5 Å². The van der Waals surface area contributed by atoms with E-state index in [-0.39, 0.29) is 36.8 Å². The summed E-state index contributed by atoms with van der Waals surface area (Å²) in [6.45, 7) is -0.101. The number of amides is 2. The molecule has 0 saturated heterocycles. The Hall–Kier alpha value is -3.81. The van der Waals surface area contributed by atoms with Crippen LogP contribution in [0.3, 0.4) is 0 Å². The normalized spacial score (nSPS) is 12.7. The summed E-state index contributed by atoms with van der Waals surface area (Å²) < 4.78 is 10.6. The molecule has 3 aromatic rings. The number of benzene rings is 2. The number of hydrogen-bond donors (Lipinski definition) is 3. The van der Waals surface area contributed by atoms with Crippen molar-refractivity contribution in [2.45, 2.75) is 12.8 Å². The van der Waals surface area contributed by atoms with Crippen LogP contribution in [0.4, 0.5) is 11.4 Å². The maximum Gasteiger partial charge on any atom is 0.262 e. The molecule has 8 heteroatoms. The largest absolute Gasteiger partial charge is 0.497 e. The van der Waals surface area contributed by atoms with Crippen LogP contribution in [0.5, 0.6) is 11.5 Å². The Morgan fingerprint density at radius 2 is 2.07 bits per heavy atom. The molecular formula is C21H19N3O5. The van der Waals surface area contributed by atoms with Crippen LogP contribution in [0.15, 0.2) is 47.3 Å². The smallest absolute Gasteiger partial charge is 0.262 e. The maximum atomic E-state index is 12.4. The Bertz CT molecular complexity index is 1170. The molecule has 3 N–H and O–H groups in total. The molecule has 1 aliphatic heterocycles. The summed E-state index contributed by atoms with van der Waals surface area (Å²) in [7, 11) is 1.58. The van der Waals surface area contributed by atoms with Gasteiger partial charge in [-0.25, -0.2) is 0 Å². The van der Waals surface area contributed by atoms with Gasteiger partial charge in [-0.1, -0.05) is 6.07 Å². The predicted octanol–water partition coefficient (Wildman–Crippen LogP) is 2.44. The summed E-state index contributed by atoms with van der Waals surface area (Å²) in [6, 6.07) is 12.3. The Morgan fingerprint density at radius 1 is 1.21 bits per heavy atom. The van der Waals surface area contributed by atoms with Crippen LogP contribution >= 0.6 is 0 Å². The predicted molar refractivity (Wildman–Crippen MR) is 109 cm³/mol. The molecule has 29 heavy (non-hydrogen) atoms. The van der Waals surface area contributed by atoms with Crippen molar-refractivity contribution in [3.63, 3.8) is 0 Å². The van der Waals surface area contributed by atoms with E-state index in [4.69, 9.17) is 9.47 Å². The number of fused-ring (bicyclic) bond motifs is 2. The third-order valence-electron chi connectivity index (χ3n) is 4.66. The number of pyridine rings is 1. The van der Waals surface area contributed by atoms with Gasteiger partial charge >= 0.3 is 0 Å². The lowest BCUT2D eigenvalue weighted by molar-refractivity contribution is -0.118. The molecule has 1 aliphatic rings. The SMILES string of the molecule is COc1ccc2[nH]c(=O)c(CCC(=O)Nc3cccc4c3OCC(=O)N4)cc2c1. The van der Waals surface area contributed by atoms with E-state index in [1.807, 2.05) is 6.07 Å². The van der Waals surface area contributed by atoms with Crippen molar-refractivity contribution < 1.29 is 19.1 Å². The topological polar surface area (TPSA) is 110 Å². The average Bonchev–Trinajstić information content (AvgIpc) is 2.72. The molecule has 0 unspecified atom stereocenters. The van der Waals surface area contributed by atoms with Gasteiger partial charge in [-0.15, -0.1) is 0 Å². The first-order valence-electron chi connectivity index (χ1n) is 9.09. The fraction of sp³-hybridized carbons (Fsp3) is 0.190. The highest BCUT2D eigenvalue weighted by Gasteiger charge is 2.20. The van der Waals surface area contributed by atoms with E-state index >= 15 is 0 Å². The first-order chi connectivity index (χ1) is 14.0. The zero-order valence-electron chi connectivity index (χ0n) is 15.7. The first kappa shape index (κ1) is 18.5. The van der Waals surface area contributed by atoms with Crippen LogP contribution in [0.1, 0.15) is 12.0 Å². The van der Waals surface area contributed by atoms with Gasteiger partial charge in [-0.2, -0.15) is 0 Å². The second kappa shape index (κ2) is 7.67. The number of rotatable bonds is 5. The van der Waals surface area contributed by atoms with E-state index in [0.29, 0.717) is 34.0 Å². The number of aryl methyl sites for hydroxylation is 1. The lowest BCUT2D eigenvalue weighted by Gasteiger charge is -2.20. The quantitative estimate of drug-likeness (QED) is 0.617. The Labute approximate surface area is 165 Å². The molecule has 0 radical (unpaired) electrons. The zero-order chi connectivity index (χ0) is 20.4. The molecule has 148 valence electrons. The van der Waals surface area contributed by atoms with Crippen LogP contribution in [-0.4, -0.2) is 30.5 Å². The molecule has 2 aromatic carbocycles. The summed E-state index contributed by atoms with van der Waals surface area (Å²) in [6.07, 6.45) is 0.398. The van der Waals surface area contributed by atoms with Crippen LogP contribution in [0, 0.1) is 0 Å². The zero-order valence-corrected chi connectivity index (χ0v) is 15.7. The van der Waals surface area contributed by atoms with Gasteiger partial charge in [0.2, 0.25) is 5.91 Å². The monoisotopic (exact) mass is 393 g/mol. The van der Waals surface area contributed by atoms with Gasteiger partial charge in [0.25, 0.3) is 11.5 Å². The van der Waals surface area contributed by atoms with Gasteiger partial charge in [0, 0.05) is 22.9 Å². The highest BCUT2D eigenvalue weighted by Crippen LogP contribution is 2.35. The number of anilines is 2. The molecule has 0 fully saturated rings. The van der Waals surface area contributed by atoms with Gasteiger partial charge in [-0.3, -0.25) is 14.4 Å². The molecule has 2 heterocycles. The van der Waals surface area contributed by atoms with Gasteiger partial charge in [0.05, 0.1) is 18.5 Å². The Kier molecular flexibility index (Phi) is 4.90. The number of hydrogen-bond acceptors (Lipinski definition) is 5. The van der Waals surface area contributed by atoms with Crippen molar-refractivity contribution in [1.82, 2.24) is 4.98 Å². The molecule has 2 amide bonds. The van der Waals surface area contributed by atoms with Crippen molar-refractivity contribution in [3.05, 3.63) is 58.4 Å². The number of para-hydroxylation sites is 1. The molecule has 4 rings (SSSR count). The van der Waals surface area contributed by atoms with Crippen LogP contribution in [-0.2, 0) is 16.0 Å². The number of aromatic nitrogens is 1. The number of carbonyl (C=O) groups is 2. The van der Waals surface area contributed by atoms with Crippen LogP contribution in [0.25, 0.3) is 10.9 Å². The highest BCUT2D eigenvalue weighted by atomic mass is 16.5. The third kappa shape index (κ3) is 3.91. The molecule has 0 atom stereocenters. The molecule has 0 bridgehead atoms. The Morgan fingerprint density at radius 3 is 2.90 bits per heavy atom. The molecule has 8 nitrogen and oxygen atoms in total. The number of carbonyl (C=O) groups excluding carboxylic acids is 2.